The standard InChI is InChI=1S/C22H25P3.4C21H23P3/c1-15-2-5-18(17-6-3-16(12-23)4-7-17)11-22(15)19-8-9-20(13-24)21(10-19)14-25;2*1-14-8-18(15-4-6-21(24)7-5-15)11-19(9-14)16-2-3-17(12-22)20(10-16)13-23;1-14-2-3-17(11-21(14)15-6-8-20(24)9-7-15)16-4-5-18(12-22)19(10-16)13-23;1-14-9-20(24)7-8-21(14)17-4-2-3-15(10-17)16-5-6-18(12-22)19(11-16)13-23/h2-11H,12-14,23-25H2,1H3;4*2-11H,12-13,22-24H2,1H3. The fourth-order valence-electron chi connectivity index (χ4n) is 15.1. The molecule has 0 nitrogen and oxygen atoms in total. The second-order valence-electron chi connectivity index (χ2n) is 30.6. The van der Waals surface area contributed by atoms with Gasteiger partial charge in [0.1, 0.15) is 0 Å². The van der Waals surface area contributed by atoms with Crippen LogP contribution in [0.5, 0.6) is 0 Å². The van der Waals surface area contributed by atoms with Crippen molar-refractivity contribution in [2.24, 2.45) is 0 Å². The predicted octanol–water partition coefficient (Wildman–Crippen LogP) is 28.8. The van der Waals surface area contributed by atoms with Gasteiger partial charge < -0.3 is 0 Å². The first-order valence-corrected chi connectivity index (χ1v) is 52.3. The van der Waals surface area contributed by atoms with Gasteiger partial charge in [-0.15, -0.1) is 139 Å². The fourth-order valence-corrected chi connectivity index (χ4v) is 20.2. The first kappa shape index (κ1) is 96.4. The van der Waals surface area contributed by atoms with Crippen LogP contribution in [0.25, 0.3) is 111 Å². The van der Waals surface area contributed by atoms with E-state index < -0.39 is 0 Å². The maximum Gasteiger partial charge on any atom is -0.0125 e. The van der Waals surface area contributed by atoms with Gasteiger partial charge in [-0.05, 0) is 354 Å². The second kappa shape index (κ2) is 48.1. The average Bonchev–Trinajstić information content (AvgIpc) is 0.813. The molecule has 0 aliphatic heterocycles. The Balaban J connectivity index is 0.000000148. The number of rotatable bonds is 21. The van der Waals surface area contributed by atoms with Gasteiger partial charge in [0.05, 0.1) is 0 Å². The third-order valence-corrected chi connectivity index (χ3v) is 28.5. The average molecular weight is 1860 g/mol. The van der Waals surface area contributed by atoms with Crippen LogP contribution >= 0.6 is 139 Å². The topological polar surface area (TPSA) is 0 Å². The molecule has 15 heteroatoms. The summed E-state index contributed by atoms with van der Waals surface area (Å²) < 4.78 is 0. The van der Waals surface area contributed by atoms with E-state index in [0.29, 0.717) is 0 Å². The molecule has 0 N–H and O–H groups in total. The second-order valence-corrected chi connectivity index (χ2v) is 37.8. The van der Waals surface area contributed by atoms with E-state index >= 15 is 0 Å². The van der Waals surface area contributed by atoms with Crippen LogP contribution < -0.4 is 21.2 Å². The van der Waals surface area contributed by atoms with E-state index in [1.807, 2.05) is 0 Å². The summed E-state index contributed by atoms with van der Waals surface area (Å²) in [6.07, 6.45) is 11.0. The Bertz CT molecular complexity index is 5850. The van der Waals surface area contributed by atoms with Crippen molar-refractivity contribution in [3.8, 4) is 111 Å². The Morgan fingerprint density at radius 2 is 0.405 bits per heavy atom. The van der Waals surface area contributed by atoms with Crippen molar-refractivity contribution in [3.63, 3.8) is 0 Å². The molecule has 616 valence electrons. The van der Waals surface area contributed by atoms with Crippen LogP contribution in [0, 0.1) is 34.6 Å². The number of aryl methyl sites for hydroxylation is 5. The molecular formula is C106H117P15. The molecule has 0 spiro atoms. The van der Waals surface area contributed by atoms with E-state index in [1.54, 1.807) is 0 Å². The minimum Gasteiger partial charge on any atom is -0.133 e. The van der Waals surface area contributed by atoms with Gasteiger partial charge >= 0.3 is 0 Å². The van der Waals surface area contributed by atoms with E-state index in [-0.39, 0.29) is 0 Å². The zero-order valence-corrected chi connectivity index (χ0v) is 87.6. The van der Waals surface area contributed by atoms with Gasteiger partial charge in [-0.2, -0.15) is 0 Å². The number of hydrogen-bond donors (Lipinski definition) is 0. The lowest BCUT2D eigenvalue weighted by Gasteiger charge is -2.13. The molecule has 0 heterocycles. The molecule has 0 bridgehead atoms. The molecule has 0 aliphatic carbocycles. The molecular weight excluding hydrogens is 1740 g/mol. The molecule has 15 aromatic rings. The highest BCUT2D eigenvalue weighted by molar-refractivity contribution is 7.28. The Morgan fingerprint density at radius 1 is 0.157 bits per heavy atom. The molecule has 15 unspecified atom stereocenters. The summed E-state index contributed by atoms with van der Waals surface area (Å²) in [6.45, 7) is 10.9. The predicted molar refractivity (Wildman–Crippen MR) is 595 cm³/mol. The summed E-state index contributed by atoms with van der Waals surface area (Å²) in [5.74, 6) is 0. The molecule has 15 aromatic carbocycles. The largest absolute Gasteiger partial charge is 0.133 e. The van der Waals surface area contributed by atoms with Gasteiger partial charge in [0.15, 0.2) is 0 Å². The lowest BCUT2D eigenvalue weighted by atomic mass is 9.93. The molecule has 15 rings (SSSR count). The highest BCUT2D eigenvalue weighted by Gasteiger charge is 2.15. The van der Waals surface area contributed by atoms with Crippen molar-refractivity contribution >= 4 is 160 Å². The molecule has 121 heavy (non-hydrogen) atoms. The lowest BCUT2D eigenvalue weighted by molar-refractivity contribution is 1.28. The van der Waals surface area contributed by atoms with Crippen LogP contribution in [-0.2, 0) is 67.8 Å². The molecule has 0 amide bonds. The van der Waals surface area contributed by atoms with Crippen LogP contribution in [0.1, 0.15) is 89.0 Å². The van der Waals surface area contributed by atoms with Crippen molar-refractivity contribution in [3.05, 3.63) is 392 Å². The smallest absolute Gasteiger partial charge is 0.0125 e. The summed E-state index contributed by atoms with van der Waals surface area (Å²) in [7, 11) is 42.1. The van der Waals surface area contributed by atoms with Crippen LogP contribution in [0.2, 0.25) is 0 Å². The van der Waals surface area contributed by atoms with E-state index in [4.69, 9.17) is 0 Å². The summed E-state index contributed by atoms with van der Waals surface area (Å²) >= 11 is 0. The normalized spacial score (nSPS) is 10.8. The summed E-state index contributed by atoms with van der Waals surface area (Å²) in [6, 6.07) is 112. The van der Waals surface area contributed by atoms with Gasteiger partial charge in [-0.3, -0.25) is 0 Å². The lowest BCUT2D eigenvalue weighted by Crippen LogP contribution is -1.93. The number of benzene rings is 15. The van der Waals surface area contributed by atoms with Gasteiger partial charge in [0.25, 0.3) is 0 Å². The molecule has 0 saturated heterocycles. The fraction of sp³-hybridized carbons (Fsp3) is 0.151. The summed E-state index contributed by atoms with van der Waals surface area (Å²) in [5.41, 5.74) is 47.6. The monoisotopic (exact) mass is 1850 g/mol. The Hall–Kier alpha value is -5.25. The van der Waals surface area contributed by atoms with Gasteiger partial charge in [0, 0.05) is 0 Å². The van der Waals surface area contributed by atoms with E-state index in [0.717, 1.165) is 67.8 Å². The first-order chi connectivity index (χ1) is 58.6. The van der Waals surface area contributed by atoms with Crippen LogP contribution in [-0.4, -0.2) is 0 Å². The molecule has 15 atom stereocenters. The van der Waals surface area contributed by atoms with Crippen LogP contribution in [0.3, 0.4) is 0 Å². The van der Waals surface area contributed by atoms with Crippen molar-refractivity contribution < 1.29 is 0 Å². The van der Waals surface area contributed by atoms with E-state index in [9.17, 15) is 0 Å². The Labute approximate surface area is 759 Å². The molecule has 0 fully saturated rings. The zero-order valence-electron chi connectivity index (χ0n) is 70.3. The third kappa shape index (κ3) is 26.5. The molecule has 0 saturated carbocycles. The molecule has 0 aromatic heterocycles. The third-order valence-electron chi connectivity index (χ3n) is 22.2. The molecule has 0 radical (unpaired) electrons. The van der Waals surface area contributed by atoms with Gasteiger partial charge in [-0.1, -0.05) is 273 Å². The van der Waals surface area contributed by atoms with E-state index in [2.05, 4.69) is 477 Å². The Kier molecular flexibility index (Phi) is 38.3. The quantitative estimate of drug-likeness (QED) is 0.0629. The van der Waals surface area contributed by atoms with E-state index in [1.165, 1.54) is 222 Å². The van der Waals surface area contributed by atoms with Gasteiger partial charge in [-0.25, -0.2) is 0 Å². The molecule has 0 aliphatic rings. The van der Waals surface area contributed by atoms with Crippen molar-refractivity contribution in [2.45, 2.75) is 102 Å². The van der Waals surface area contributed by atoms with Crippen molar-refractivity contribution in [1.29, 1.82) is 0 Å². The maximum atomic E-state index is 2.85. The van der Waals surface area contributed by atoms with Crippen molar-refractivity contribution in [1.82, 2.24) is 0 Å². The zero-order chi connectivity index (χ0) is 86.2. The maximum absolute atomic E-state index is 2.85. The highest BCUT2D eigenvalue weighted by atomic mass is 31.0. The number of hydrogen-bond acceptors (Lipinski definition) is 0. The Morgan fingerprint density at radius 3 is 0.769 bits per heavy atom. The highest BCUT2D eigenvalue weighted by Crippen LogP contribution is 2.38. The van der Waals surface area contributed by atoms with Crippen LogP contribution in [0.4, 0.5) is 0 Å². The minimum atomic E-state index is 0.992. The minimum absolute atomic E-state index is 0.992. The first-order valence-electron chi connectivity index (χ1n) is 41.0. The van der Waals surface area contributed by atoms with Crippen molar-refractivity contribution in [2.75, 3.05) is 0 Å². The van der Waals surface area contributed by atoms with Gasteiger partial charge in [0.2, 0.25) is 0 Å². The summed E-state index contributed by atoms with van der Waals surface area (Å²) in [5, 5.41) is 4.87. The van der Waals surface area contributed by atoms with Crippen LogP contribution in [0.15, 0.2) is 303 Å². The SMILES string of the molecule is Cc1cc(-c2ccc(P)cc2)cc(-c2ccc(CP)c(CP)c2)c1.Cc1cc(-c2ccc(P)cc2)cc(-c2ccc(CP)c(CP)c2)c1.Cc1cc(P)ccc1-c1cccc(-c2ccc(CP)c(CP)c2)c1.Cc1ccc(-c2ccc(CP)c(CP)c2)cc1-c1ccc(P)cc1.Cc1ccc(-c2ccc(CP)cc2)cc1-c1ccc(CP)c(CP)c1. The summed E-state index contributed by atoms with van der Waals surface area (Å²) in [4.78, 5) is 0.